The molecule has 0 bridgehead atoms. The minimum atomic E-state index is 0.773. The number of benzene rings is 1. The van der Waals surface area contributed by atoms with Gasteiger partial charge in [0, 0.05) is 0 Å². The third-order valence-corrected chi connectivity index (χ3v) is 2.55. The smallest absolute Gasteiger partial charge is 0.163 e. The van der Waals surface area contributed by atoms with Gasteiger partial charge in [-0.2, -0.15) is 0 Å². The van der Waals surface area contributed by atoms with E-state index in [-0.39, 0.29) is 0 Å². The zero-order valence-corrected chi connectivity index (χ0v) is 10.6. The van der Waals surface area contributed by atoms with Crippen molar-refractivity contribution < 1.29 is 9.47 Å². The molecule has 0 fully saturated rings. The Morgan fingerprint density at radius 3 is 2.60 bits per heavy atom. The van der Waals surface area contributed by atoms with Gasteiger partial charge in [-0.05, 0) is 29.0 Å². The van der Waals surface area contributed by atoms with Gasteiger partial charge in [-0.3, -0.25) is 0 Å². The fourth-order valence-electron chi connectivity index (χ4n) is 1.42. The number of hydrogen-bond acceptors (Lipinski definition) is 2. The Labute approximate surface area is 99.0 Å². The summed E-state index contributed by atoms with van der Waals surface area (Å²) in [7, 11) is 3.30. The van der Waals surface area contributed by atoms with Crippen molar-refractivity contribution in [3.63, 3.8) is 0 Å². The second-order valence-electron chi connectivity index (χ2n) is 3.17. The second kappa shape index (κ2) is 5.81. The van der Waals surface area contributed by atoms with E-state index in [2.05, 4.69) is 22.5 Å². The largest absolute Gasteiger partial charge is 0.493 e. The molecule has 0 amide bonds. The first-order valence-electron chi connectivity index (χ1n) is 4.72. The quantitative estimate of drug-likeness (QED) is 0.815. The van der Waals surface area contributed by atoms with Crippen molar-refractivity contribution in [1.82, 2.24) is 0 Å². The van der Waals surface area contributed by atoms with E-state index in [9.17, 15) is 0 Å². The van der Waals surface area contributed by atoms with Gasteiger partial charge in [-0.1, -0.05) is 34.6 Å². The minimum Gasteiger partial charge on any atom is -0.493 e. The molecule has 0 atom stereocenters. The Hall–Kier alpha value is -0.960. The van der Waals surface area contributed by atoms with Crippen molar-refractivity contribution in [2.24, 2.45) is 0 Å². The highest BCUT2D eigenvalue weighted by atomic mass is 79.9. The lowest BCUT2D eigenvalue weighted by Gasteiger charge is -2.12. The van der Waals surface area contributed by atoms with E-state index in [0.29, 0.717) is 0 Å². The number of allylic oxidation sites excluding steroid dienone is 1. The van der Waals surface area contributed by atoms with E-state index in [0.717, 1.165) is 34.4 Å². The molecule has 0 saturated heterocycles. The molecule has 2 nitrogen and oxygen atoms in total. The molecule has 0 spiro atoms. The average molecular weight is 271 g/mol. The van der Waals surface area contributed by atoms with Gasteiger partial charge in [0.05, 0.1) is 14.2 Å². The molecule has 0 heterocycles. The number of aryl methyl sites for hydroxylation is 1. The number of rotatable bonds is 5. The summed E-state index contributed by atoms with van der Waals surface area (Å²) in [6, 6.07) is 5.90. The molecule has 0 unspecified atom stereocenters. The predicted molar refractivity (Wildman–Crippen MR) is 65.9 cm³/mol. The van der Waals surface area contributed by atoms with Crippen LogP contribution in [-0.2, 0) is 6.42 Å². The predicted octanol–water partition coefficient (Wildman–Crippen LogP) is 3.55. The van der Waals surface area contributed by atoms with Crippen molar-refractivity contribution in [2.45, 2.75) is 12.8 Å². The zero-order valence-electron chi connectivity index (χ0n) is 9.05. The average Bonchev–Trinajstić information content (AvgIpc) is 2.25. The van der Waals surface area contributed by atoms with Gasteiger partial charge in [0.15, 0.2) is 11.5 Å². The highest BCUT2D eigenvalue weighted by Crippen LogP contribution is 2.32. The Bertz CT molecular complexity index is 347. The third kappa shape index (κ3) is 3.27. The molecule has 0 aromatic heterocycles. The van der Waals surface area contributed by atoms with Crippen molar-refractivity contribution in [3.05, 3.63) is 34.8 Å². The molecule has 0 N–H and O–H groups in total. The monoisotopic (exact) mass is 270 g/mol. The Morgan fingerprint density at radius 2 is 2.07 bits per heavy atom. The summed E-state index contributed by atoms with van der Waals surface area (Å²) in [5.74, 6) is 1.59. The first kappa shape index (κ1) is 12.1. The summed E-state index contributed by atoms with van der Waals surface area (Å²) in [6.07, 6.45) is 1.79. The second-order valence-corrected chi connectivity index (χ2v) is 4.29. The van der Waals surface area contributed by atoms with Crippen LogP contribution in [0.2, 0.25) is 0 Å². The molecule has 1 aromatic carbocycles. The van der Waals surface area contributed by atoms with Crippen LogP contribution in [0.3, 0.4) is 0 Å². The zero-order chi connectivity index (χ0) is 11.3. The lowest BCUT2D eigenvalue weighted by Crippen LogP contribution is -1.96. The summed E-state index contributed by atoms with van der Waals surface area (Å²) in [5, 5.41) is 0. The normalized spacial score (nSPS) is 9.80. The molecule has 15 heavy (non-hydrogen) atoms. The van der Waals surface area contributed by atoms with Gasteiger partial charge in [0.1, 0.15) is 0 Å². The lowest BCUT2D eigenvalue weighted by atomic mass is 10.1. The van der Waals surface area contributed by atoms with E-state index in [1.54, 1.807) is 14.2 Å². The Kier molecular flexibility index (Phi) is 4.69. The van der Waals surface area contributed by atoms with Crippen molar-refractivity contribution in [2.75, 3.05) is 14.2 Å². The summed E-state index contributed by atoms with van der Waals surface area (Å²) in [4.78, 5) is 0. The third-order valence-electron chi connectivity index (χ3n) is 2.15. The summed E-state index contributed by atoms with van der Waals surface area (Å²) in [5.41, 5.74) is 1.14. The number of methoxy groups -OCH3 is 2. The van der Waals surface area contributed by atoms with Crippen LogP contribution in [0.25, 0.3) is 0 Å². The van der Waals surface area contributed by atoms with Crippen LogP contribution in [0.1, 0.15) is 12.0 Å². The molecule has 82 valence electrons. The summed E-state index contributed by atoms with van der Waals surface area (Å²) < 4.78 is 11.5. The summed E-state index contributed by atoms with van der Waals surface area (Å²) in [6.45, 7) is 3.81. The fraction of sp³-hybridized carbons (Fsp3) is 0.333. The number of halogens is 1. The van der Waals surface area contributed by atoms with Gasteiger partial charge < -0.3 is 9.47 Å². The van der Waals surface area contributed by atoms with Crippen LogP contribution in [0.4, 0.5) is 0 Å². The lowest BCUT2D eigenvalue weighted by molar-refractivity contribution is 0.351. The molecule has 3 heteroatoms. The molecule has 1 aromatic rings. The van der Waals surface area contributed by atoms with Crippen LogP contribution in [0, 0.1) is 0 Å². The maximum Gasteiger partial charge on any atom is 0.163 e. The van der Waals surface area contributed by atoms with Crippen molar-refractivity contribution in [1.29, 1.82) is 0 Å². The number of para-hydroxylation sites is 1. The molecule has 0 aliphatic rings. The highest BCUT2D eigenvalue weighted by molar-refractivity contribution is 9.11. The first-order valence-corrected chi connectivity index (χ1v) is 5.51. The Morgan fingerprint density at radius 1 is 1.33 bits per heavy atom. The SMILES string of the molecule is C=C(Br)CCc1cccc(OC)c1OC. The van der Waals surface area contributed by atoms with E-state index in [4.69, 9.17) is 9.47 Å². The van der Waals surface area contributed by atoms with Crippen LogP contribution in [0.5, 0.6) is 11.5 Å². The first-order chi connectivity index (χ1) is 7.19. The number of hydrogen-bond donors (Lipinski definition) is 0. The van der Waals surface area contributed by atoms with Gasteiger partial charge in [0.2, 0.25) is 0 Å². The van der Waals surface area contributed by atoms with Gasteiger partial charge in [-0.25, -0.2) is 0 Å². The molecule has 1 rings (SSSR count). The Balaban J connectivity index is 2.90. The highest BCUT2D eigenvalue weighted by Gasteiger charge is 2.08. The van der Waals surface area contributed by atoms with Crippen LogP contribution >= 0.6 is 15.9 Å². The van der Waals surface area contributed by atoms with E-state index < -0.39 is 0 Å². The van der Waals surface area contributed by atoms with Gasteiger partial charge in [-0.15, -0.1) is 0 Å². The van der Waals surface area contributed by atoms with Crippen LogP contribution < -0.4 is 9.47 Å². The topological polar surface area (TPSA) is 18.5 Å². The molecule has 0 radical (unpaired) electrons. The van der Waals surface area contributed by atoms with E-state index >= 15 is 0 Å². The summed E-state index contributed by atoms with van der Waals surface area (Å²) >= 11 is 3.35. The molecule has 0 aliphatic carbocycles. The van der Waals surface area contributed by atoms with Crippen molar-refractivity contribution in [3.8, 4) is 11.5 Å². The molecular weight excluding hydrogens is 256 g/mol. The molecule has 0 saturated carbocycles. The fourth-order valence-corrected chi connectivity index (χ4v) is 1.62. The number of ether oxygens (including phenoxy) is 2. The molecular formula is C12H15BrO2. The van der Waals surface area contributed by atoms with Crippen LogP contribution in [-0.4, -0.2) is 14.2 Å². The minimum absolute atomic E-state index is 0.773. The van der Waals surface area contributed by atoms with E-state index in [1.807, 2.05) is 18.2 Å². The van der Waals surface area contributed by atoms with E-state index in [1.165, 1.54) is 0 Å². The maximum atomic E-state index is 5.33. The van der Waals surface area contributed by atoms with Gasteiger partial charge >= 0.3 is 0 Å². The van der Waals surface area contributed by atoms with Crippen LogP contribution in [0.15, 0.2) is 29.3 Å². The van der Waals surface area contributed by atoms with Crippen molar-refractivity contribution >= 4 is 15.9 Å². The standard InChI is InChI=1S/C12H15BrO2/c1-9(13)7-8-10-5-4-6-11(14-2)12(10)15-3/h4-6H,1,7-8H2,2-3H3. The van der Waals surface area contributed by atoms with Gasteiger partial charge in [0.25, 0.3) is 0 Å². The molecule has 0 aliphatic heterocycles. The maximum absolute atomic E-state index is 5.33.